The minimum absolute atomic E-state index is 0.0216. The van der Waals surface area contributed by atoms with Gasteiger partial charge in [-0.05, 0) is 72.4 Å². The van der Waals surface area contributed by atoms with Crippen molar-refractivity contribution in [3.8, 4) is 0 Å². The van der Waals surface area contributed by atoms with Crippen molar-refractivity contribution in [3.05, 3.63) is 77.1 Å². The number of ether oxygens (including phenoxy) is 1. The lowest BCUT2D eigenvalue weighted by molar-refractivity contribution is -0.271. The largest absolute Gasteiger partial charge is 0.430 e. The van der Waals surface area contributed by atoms with Crippen LogP contribution in [-0.4, -0.2) is 60.8 Å². The van der Waals surface area contributed by atoms with Crippen molar-refractivity contribution in [2.45, 2.75) is 62.3 Å². The molecule has 1 spiro atoms. The number of piperidine rings is 2. The van der Waals surface area contributed by atoms with Gasteiger partial charge in [0.15, 0.2) is 0 Å². The molecular weight excluding hydrogens is 540 g/mol. The number of alkyl halides is 3. The first kappa shape index (κ1) is 29.3. The maximum Gasteiger partial charge on any atom is 0.430 e. The van der Waals surface area contributed by atoms with Gasteiger partial charge >= 0.3 is 6.18 Å². The molecule has 2 unspecified atom stereocenters. The molecule has 3 aliphatic rings. The Hall–Kier alpha value is -3.24. The van der Waals surface area contributed by atoms with E-state index in [9.17, 15) is 32.3 Å². The number of aliphatic hydroxyl groups is 1. The van der Waals surface area contributed by atoms with Crippen molar-refractivity contribution in [1.29, 1.82) is 0 Å². The Morgan fingerprint density at radius 3 is 2.44 bits per heavy atom. The molecule has 2 aromatic rings. The highest BCUT2D eigenvalue weighted by atomic mass is 19.4. The second kappa shape index (κ2) is 11.2. The number of hydrogen-bond donors (Lipinski definition) is 2. The summed E-state index contributed by atoms with van der Waals surface area (Å²) in [6, 6.07) is 11.9. The number of nitrogens with one attached hydrogen (secondary N) is 1. The predicted octanol–water partition coefficient (Wildman–Crippen LogP) is 5.07. The Bertz CT molecular complexity index is 1320. The van der Waals surface area contributed by atoms with Gasteiger partial charge in [0.05, 0.1) is 6.10 Å². The van der Waals surface area contributed by atoms with Gasteiger partial charge in [0, 0.05) is 44.6 Å². The summed E-state index contributed by atoms with van der Waals surface area (Å²) < 4.78 is 63.4. The van der Waals surface area contributed by atoms with E-state index in [0.29, 0.717) is 44.2 Å². The average molecular weight is 575 g/mol. The molecular formula is C31H34F4N2O4. The average Bonchev–Trinajstić information content (AvgIpc) is 2.95. The van der Waals surface area contributed by atoms with E-state index in [2.05, 4.69) is 5.32 Å². The third-order valence-corrected chi connectivity index (χ3v) is 9.10. The van der Waals surface area contributed by atoms with Crippen LogP contribution >= 0.6 is 0 Å². The number of nitrogens with zero attached hydrogens (tertiary/aromatic N) is 1. The van der Waals surface area contributed by atoms with Crippen LogP contribution < -0.4 is 5.32 Å². The molecule has 2 heterocycles. The van der Waals surface area contributed by atoms with Gasteiger partial charge in [-0.2, -0.15) is 13.2 Å². The maximum absolute atomic E-state index is 14.9. The zero-order valence-electron chi connectivity index (χ0n) is 22.8. The molecule has 0 bridgehead atoms. The number of allylic oxidation sites excluding steroid dienone is 1. The van der Waals surface area contributed by atoms with Crippen molar-refractivity contribution in [1.82, 2.24) is 10.2 Å². The monoisotopic (exact) mass is 574 g/mol. The number of methoxy groups -OCH3 is 1. The van der Waals surface area contributed by atoms with E-state index >= 15 is 0 Å². The standard InChI is InChI=1S/C31H34F4N2O4/c1-41-30(31(33,34)35,23-4-2-3-22(17-23)20-7-11-25(38)12-8-20)28(40)37-15-13-29(14-16-37)18-27(39)36-19-26(29)21-5-9-24(32)10-6-21/h2-7,9-10,17,25-26,38H,8,11-16,18-19H2,1H3,(H,36,39)/t25?,26-,30?/m0/s1. The lowest BCUT2D eigenvalue weighted by Crippen LogP contribution is -2.60. The van der Waals surface area contributed by atoms with Crippen LogP contribution in [0, 0.1) is 11.2 Å². The smallest absolute Gasteiger partial charge is 0.393 e. The van der Waals surface area contributed by atoms with Gasteiger partial charge in [-0.3, -0.25) is 9.59 Å². The zero-order valence-corrected chi connectivity index (χ0v) is 22.8. The summed E-state index contributed by atoms with van der Waals surface area (Å²) in [6.45, 7) is 0.379. The summed E-state index contributed by atoms with van der Waals surface area (Å²) in [5, 5.41) is 12.7. The summed E-state index contributed by atoms with van der Waals surface area (Å²) >= 11 is 0. The predicted molar refractivity (Wildman–Crippen MR) is 144 cm³/mol. The Kier molecular flexibility index (Phi) is 8.00. The number of rotatable bonds is 5. The van der Waals surface area contributed by atoms with Gasteiger partial charge < -0.3 is 20.1 Å². The number of hydrogen-bond acceptors (Lipinski definition) is 4. The van der Waals surface area contributed by atoms with Gasteiger partial charge in [-0.15, -0.1) is 0 Å². The number of amides is 2. The maximum atomic E-state index is 14.9. The minimum atomic E-state index is -5.05. The van der Waals surface area contributed by atoms with Crippen LogP contribution in [0.4, 0.5) is 17.6 Å². The molecule has 2 fully saturated rings. The molecule has 2 saturated heterocycles. The number of likely N-dealkylation sites (tertiary alicyclic amines) is 1. The molecule has 41 heavy (non-hydrogen) atoms. The van der Waals surface area contributed by atoms with Crippen molar-refractivity contribution in [2.75, 3.05) is 26.7 Å². The number of benzene rings is 2. The van der Waals surface area contributed by atoms with E-state index < -0.39 is 29.2 Å². The highest BCUT2D eigenvalue weighted by Gasteiger charge is 2.64. The summed E-state index contributed by atoms with van der Waals surface area (Å²) in [5.41, 5.74) is -1.86. The summed E-state index contributed by atoms with van der Waals surface area (Å²) in [4.78, 5) is 27.5. The second-order valence-corrected chi connectivity index (χ2v) is 11.4. The first-order chi connectivity index (χ1) is 19.5. The quantitative estimate of drug-likeness (QED) is 0.489. The lowest BCUT2D eigenvalue weighted by Gasteiger charge is -2.50. The fourth-order valence-corrected chi connectivity index (χ4v) is 6.76. The molecule has 2 N–H and O–H groups in total. The molecule has 3 atom stereocenters. The summed E-state index contributed by atoms with van der Waals surface area (Å²) in [6.07, 6.45) is -1.45. The molecule has 5 rings (SSSR count). The molecule has 2 aromatic carbocycles. The molecule has 0 saturated carbocycles. The first-order valence-corrected chi connectivity index (χ1v) is 13.9. The highest BCUT2D eigenvalue weighted by Crippen LogP contribution is 2.50. The number of carbonyl (C=O) groups is 2. The van der Waals surface area contributed by atoms with Gasteiger partial charge in [-0.25, -0.2) is 4.39 Å². The fraction of sp³-hybridized carbons (Fsp3) is 0.484. The normalized spacial score (nSPS) is 24.4. The van der Waals surface area contributed by atoms with Crippen LogP contribution in [0.15, 0.2) is 54.6 Å². The van der Waals surface area contributed by atoms with Gasteiger partial charge in [0.25, 0.3) is 11.5 Å². The van der Waals surface area contributed by atoms with E-state index in [0.717, 1.165) is 18.2 Å². The third-order valence-electron chi connectivity index (χ3n) is 9.10. The Labute approximate surface area is 236 Å². The third kappa shape index (κ3) is 5.39. The van der Waals surface area contributed by atoms with Crippen molar-refractivity contribution >= 4 is 17.4 Å². The van der Waals surface area contributed by atoms with Gasteiger partial charge in [0.1, 0.15) is 5.82 Å². The Morgan fingerprint density at radius 2 is 1.83 bits per heavy atom. The summed E-state index contributed by atoms with van der Waals surface area (Å²) in [5.74, 6) is -1.88. The molecule has 2 aliphatic heterocycles. The number of carbonyl (C=O) groups excluding carboxylic acids is 2. The molecule has 0 aromatic heterocycles. The van der Waals surface area contributed by atoms with Crippen LogP contribution in [-0.2, 0) is 19.9 Å². The van der Waals surface area contributed by atoms with E-state index in [1.165, 1.54) is 35.2 Å². The lowest BCUT2D eigenvalue weighted by atomic mass is 9.62. The molecule has 220 valence electrons. The zero-order chi connectivity index (χ0) is 29.4. The van der Waals surface area contributed by atoms with Crippen LogP contribution in [0.25, 0.3) is 5.57 Å². The number of halogens is 4. The topological polar surface area (TPSA) is 78.9 Å². The number of aliphatic hydroxyl groups excluding tert-OH is 1. The highest BCUT2D eigenvalue weighted by molar-refractivity contribution is 5.88. The summed E-state index contributed by atoms with van der Waals surface area (Å²) in [7, 11) is 0.899. The van der Waals surface area contributed by atoms with Gasteiger partial charge in [-0.1, -0.05) is 36.4 Å². The molecule has 10 heteroatoms. The van der Waals surface area contributed by atoms with Gasteiger partial charge in [0.2, 0.25) is 5.91 Å². The van der Waals surface area contributed by atoms with E-state index in [1.807, 2.05) is 6.08 Å². The molecule has 0 radical (unpaired) electrons. The second-order valence-electron chi connectivity index (χ2n) is 11.4. The Morgan fingerprint density at radius 1 is 1.12 bits per heavy atom. The van der Waals surface area contributed by atoms with E-state index in [4.69, 9.17) is 4.74 Å². The van der Waals surface area contributed by atoms with Crippen molar-refractivity contribution < 1.29 is 37.0 Å². The molecule has 2 amide bonds. The SMILES string of the molecule is COC(C(=O)N1CCC2(CC1)CC(=O)NC[C@H]2c1ccc(F)cc1)(c1cccc(C2=CCC(O)CC2)c1)C(F)(F)F. The van der Waals surface area contributed by atoms with Crippen LogP contribution in [0.1, 0.15) is 61.1 Å². The van der Waals surface area contributed by atoms with Crippen LogP contribution in [0.5, 0.6) is 0 Å². The fourth-order valence-electron chi connectivity index (χ4n) is 6.76. The molecule has 1 aliphatic carbocycles. The van der Waals surface area contributed by atoms with E-state index in [-0.39, 0.29) is 42.7 Å². The first-order valence-electron chi connectivity index (χ1n) is 13.9. The van der Waals surface area contributed by atoms with E-state index in [1.54, 1.807) is 18.2 Å². The van der Waals surface area contributed by atoms with Crippen molar-refractivity contribution in [2.24, 2.45) is 5.41 Å². The van der Waals surface area contributed by atoms with Crippen LogP contribution in [0.3, 0.4) is 0 Å². The molecule has 6 nitrogen and oxygen atoms in total. The van der Waals surface area contributed by atoms with Crippen LogP contribution in [0.2, 0.25) is 0 Å². The minimum Gasteiger partial charge on any atom is -0.393 e. The van der Waals surface area contributed by atoms with Crippen molar-refractivity contribution in [3.63, 3.8) is 0 Å². The Balaban J connectivity index is 1.43.